The fourth-order valence-electron chi connectivity index (χ4n) is 5.30. The minimum atomic E-state index is -3.73. The maximum absolute atomic E-state index is 14.0. The molecule has 5 rings (SSSR count). The first-order chi connectivity index (χ1) is 19.0. The summed E-state index contributed by atoms with van der Waals surface area (Å²) < 4.78 is 30.8. The number of ether oxygens (including phenoxy) is 1. The number of amides is 3. The van der Waals surface area contributed by atoms with E-state index in [-0.39, 0.29) is 38.0 Å². The second kappa shape index (κ2) is 10.9. The molecule has 0 spiro atoms. The van der Waals surface area contributed by atoms with Gasteiger partial charge in [-0.3, -0.25) is 24.2 Å². The average molecular weight is 572 g/mol. The average Bonchev–Trinajstić information content (AvgIpc) is 3.23. The first-order valence-corrected chi connectivity index (χ1v) is 14.6. The molecule has 1 aromatic heterocycles. The molecule has 0 bridgehead atoms. The van der Waals surface area contributed by atoms with Crippen molar-refractivity contribution in [2.75, 3.05) is 19.3 Å². The van der Waals surface area contributed by atoms with Crippen LogP contribution in [-0.2, 0) is 29.1 Å². The van der Waals surface area contributed by atoms with E-state index in [2.05, 4.69) is 20.4 Å². The predicted octanol–water partition coefficient (Wildman–Crippen LogP) is -0.726. The van der Waals surface area contributed by atoms with Gasteiger partial charge in [-0.1, -0.05) is 36.4 Å². The van der Waals surface area contributed by atoms with Gasteiger partial charge in [0, 0.05) is 30.7 Å². The van der Waals surface area contributed by atoms with E-state index in [4.69, 9.17) is 0 Å². The fraction of sp³-hybridized carbons (Fsp3) is 0.423. The molecule has 0 aliphatic carbocycles. The maximum atomic E-state index is 14.0. The highest BCUT2D eigenvalue weighted by Crippen LogP contribution is 2.26. The number of nitrogens with zero attached hydrogens (tertiary/aromatic N) is 3. The number of cyclic esters (lactones) is 1. The van der Waals surface area contributed by atoms with Crippen molar-refractivity contribution in [1.82, 2.24) is 24.8 Å². The first-order valence-electron chi connectivity index (χ1n) is 12.8. The van der Waals surface area contributed by atoms with Crippen LogP contribution in [0, 0.1) is 0 Å². The summed E-state index contributed by atoms with van der Waals surface area (Å²) in [5, 5.41) is 16.7. The van der Waals surface area contributed by atoms with Gasteiger partial charge in [0.2, 0.25) is 28.1 Å². The van der Waals surface area contributed by atoms with Gasteiger partial charge in [-0.15, -0.1) is 0 Å². The molecule has 4 heterocycles. The molecule has 2 fully saturated rings. The predicted molar refractivity (Wildman–Crippen MR) is 141 cm³/mol. The Morgan fingerprint density at radius 2 is 1.82 bits per heavy atom. The number of hydrogen-bond acceptors (Lipinski definition) is 9. The van der Waals surface area contributed by atoms with Crippen molar-refractivity contribution in [1.29, 1.82) is 0 Å². The zero-order chi connectivity index (χ0) is 28.6. The van der Waals surface area contributed by atoms with Crippen molar-refractivity contribution < 1.29 is 37.4 Å². The van der Waals surface area contributed by atoms with Crippen LogP contribution in [0.2, 0.25) is 0 Å². The number of piperazine rings is 1. The molecule has 5 atom stereocenters. The van der Waals surface area contributed by atoms with E-state index >= 15 is 0 Å². The van der Waals surface area contributed by atoms with Crippen LogP contribution in [0.5, 0.6) is 0 Å². The number of pyridine rings is 1. The highest BCUT2D eigenvalue weighted by Gasteiger charge is 2.47. The van der Waals surface area contributed by atoms with Crippen molar-refractivity contribution in [2.45, 2.75) is 49.7 Å². The molecule has 14 heteroatoms. The van der Waals surface area contributed by atoms with E-state index < -0.39 is 64.2 Å². The largest absolute Gasteiger partial charge is 0.434 e. The molecule has 0 radical (unpaired) electrons. The molecular formula is C26H29N5O8S. The summed E-state index contributed by atoms with van der Waals surface area (Å²) in [5.41, 5.74) is 0.143. The molecule has 40 heavy (non-hydrogen) atoms. The second-order valence-corrected chi connectivity index (χ2v) is 12.0. The number of nitrogens with one attached hydrogen (secondary N) is 2. The Bertz CT molecular complexity index is 1490. The Morgan fingerprint density at radius 3 is 2.55 bits per heavy atom. The molecule has 3 N–H and O–H groups in total. The van der Waals surface area contributed by atoms with E-state index in [9.17, 15) is 32.7 Å². The second-order valence-electron chi connectivity index (χ2n) is 10.0. The number of carbonyl (C=O) groups excluding carboxylic acids is 4. The van der Waals surface area contributed by atoms with Gasteiger partial charge >= 0.3 is 5.97 Å². The Morgan fingerprint density at radius 1 is 1.07 bits per heavy atom. The van der Waals surface area contributed by atoms with Crippen molar-refractivity contribution in [3.8, 4) is 0 Å². The standard InChI is InChI=1S/C26H29N5O8S/c1-40(37,38)30-13-16-7-3-5-9-18(28-24(34)22-17-8-4-2-6-15(17)10-11-27-22)25(35)31(16)20(14-30)23(33)29-19-12-21(32)39-26(19)36/h2-6,8,10-11,16,18-20,26,36H,7,9,12-14H2,1H3,(H,28,34)(H,29,33)/b5-3-/t16-,18-,19?,20-,26?/m0/s1. The van der Waals surface area contributed by atoms with Crippen LogP contribution in [0.1, 0.15) is 29.8 Å². The molecule has 2 unspecified atom stereocenters. The highest BCUT2D eigenvalue weighted by molar-refractivity contribution is 7.88. The van der Waals surface area contributed by atoms with Crippen molar-refractivity contribution in [2.24, 2.45) is 0 Å². The molecule has 2 saturated heterocycles. The van der Waals surface area contributed by atoms with E-state index in [1.165, 1.54) is 11.1 Å². The molecule has 2 aromatic rings. The van der Waals surface area contributed by atoms with Crippen LogP contribution in [0.4, 0.5) is 0 Å². The number of carbonyl (C=O) groups is 4. The van der Waals surface area contributed by atoms with Gasteiger partial charge in [0.15, 0.2) is 0 Å². The molecular weight excluding hydrogens is 542 g/mol. The van der Waals surface area contributed by atoms with Crippen LogP contribution < -0.4 is 10.6 Å². The molecule has 1 aromatic carbocycles. The molecule has 212 valence electrons. The minimum absolute atomic E-state index is 0.0438. The first kappa shape index (κ1) is 27.7. The molecule has 13 nitrogen and oxygen atoms in total. The summed E-state index contributed by atoms with van der Waals surface area (Å²) in [7, 11) is -3.73. The summed E-state index contributed by atoms with van der Waals surface area (Å²) >= 11 is 0. The van der Waals surface area contributed by atoms with Gasteiger partial charge in [0.25, 0.3) is 5.91 Å². The van der Waals surface area contributed by atoms with Gasteiger partial charge in [0.1, 0.15) is 23.8 Å². The third-order valence-corrected chi connectivity index (χ3v) is 8.53. The van der Waals surface area contributed by atoms with Crippen molar-refractivity contribution in [3.63, 3.8) is 0 Å². The number of rotatable bonds is 5. The SMILES string of the molecule is CS(=O)(=O)N1C[C@@H]2C/C=C\C[C@H](NC(=O)c3nccc4ccccc34)C(=O)N2[C@H](C(=O)NC2CC(=O)OC2O)C1. The molecule has 3 amide bonds. The normalized spacial score (nSPS) is 28.2. The quantitative estimate of drug-likeness (QED) is 0.309. The number of sulfonamides is 1. The Kier molecular flexibility index (Phi) is 7.57. The maximum Gasteiger partial charge on any atom is 0.310 e. The monoisotopic (exact) mass is 571 g/mol. The summed E-state index contributed by atoms with van der Waals surface area (Å²) in [6, 6.07) is 4.87. The minimum Gasteiger partial charge on any atom is -0.434 e. The van der Waals surface area contributed by atoms with Gasteiger partial charge in [-0.25, -0.2) is 8.42 Å². The van der Waals surface area contributed by atoms with Crippen LogP contribution in [0.3, 0.4) is 0 Å². The third kappa shape index (κ3) is 5.55. The lowest BCUT2D eigenvalue weighted by atomic mass is 9.97. The van der Waals surface area contributed by atoms with Crippen molar-refractivity contribution in [3.05, 3.63) is 54.4 Å². The summed E-state index contributed by atoms with van der Waals surface area (Å²) in [4.78, 5) is 57.8. The topological polar surface area (TPSA) is 175 Å². The van der Waals surface area contributed by atoms with E-state index in [0.29, 0.717) is 5.39 Å². The number of aromatic nitrogens is 1. The van der Waals surface area contributed by atoms with Crippen LogP contribution in [-0.4, -0.2) is 101 Å². The van der Waals surface area contributed by atoms with Crippen molar-refractivity contribution >= 4 is 44.5 Å². The number of hydrogen-bond donors (Lipinski definition) is 3. The lowest BCUT2D eigenvalue weighted by Crippen LogP contribution is -2.68. The van der Waals surface area contributed by atoms with Crippen LogP contribution in [0.15, 0.2) is 48.7 Å². The summed E-state index contributed by atoms with van der Waals surface area (Å²) in [6.07, 6.45) is 4.64. The third-order valence-electron chi connectivity index (χ3n) is 7.30. The van der Waals surface area contributed by atoms with Crippen LogP contribution >= 0.6 is 0 Å². The van der Waals surface area contributed by atoms with Crippen LogP contribution in [0.25, 0.3) is 10.8 Å². The number of aliphatic hydroxyl groups is 1. The molecule has 0 saturated carbocycles. The molecule has 3 aliphatic heterocycles. The lowest BCUT2D eigenvalue weighted by molar-refractivity contribution is -0.156. The van der Waals surface area contributed by atoms with E-state index in [1.807, 2.05) is 12.1 Å². The Labute approximate surface area is 230 Å². The zero-order valence-corrected chi connectivity index (χ0v) is 22.4. The van der Waals surface area contributed by atoms with Gasteiger partial charge in [-0.05, 0) is 24.3 Å². The highest BCUT2D eigenvalue weighted by atomic mass is 32.2. The van der Waals surface area contributed by atoms with Gasteiger partial charge in [-0.2, -0.15) is 4.31 Å². The zero-order valence-electron chi connectivity index (χ0n) is 21.6. The fourth-order valence-corrected chi connectivity index (χ4v) is 6.15. The summed E-state index contributed by atoms with van der Waals surface area (Å²) in [6.45, 7) is -0.377. The number of esters is 1. The van der Waals surface area contributed by atoms with E-state index in [1.54, 1.807) is 30.4 Å². The number of fused-ring (bicyclic) bond motifs is 2. The lowest BCUT2D eigenvalue weighted by Gasteiger charge is -2.46. The number of benzene rings is 1. The smallest absolute Gasteiger partial charge is 0.310 e. The van der Waals surface area contributed by atoms with E-state index in [0.717, 1.165) is 15.9 Å². The Hall–Kier alpha value is -3.88. The summed E-state index contributed by atoms with van der Waals surface area (Å²) in [5.74, 6) is -2.58. The van der Waals surface area contributed by atoms with Gasteiger partial charge < -0.3 is 25.4 Å². The number of aliphatic hydroxyl groups excluding tert-OH is 1. The van der Waals surface area contributed by atoms with Gasteiger partial charge in [0.05, 0.1) is 12.7 Å². The molecule has 3 aliphatic rings. The Balaban J connectivity index is 1.44.